The molecule has 0 aliphatic carbocycles. The molecule has 1 amide bonds. The molecule has 2 aromatic rings. The number of hydrogen-bond acceptors (Lipinski definition) is 3. The molecule has 0 aliphatic rings. The van der Waals surface area contributed by atoms with E-state index < -0.39 is 5.91 Å². The summed E-state index contributed by atoms with van der Waals surface area (Å²) in [6, 6.07) is 12.9. The van der Waals surface area contributed by atoms with Crippen molar-refractivity contribution >= 4 is 5.91 Å². The third-order valence-corrected chi connectivity index (χ3v) is 2.22. The molecule has 4 nitrogen and oxygen atoms in total. The van der Waals surface area contributed by atoms with Crippen molar-refractivity contribution in [3.63, 3.8) is 0 Å². The van der Waals surface area contributed by atoms with Crippen molar-refractivity contribution in [2.45, 2.75) is 0 Å². The molecular weight excluding hydrogens is 218 g/mol. The summed E-state index contributed by atoms with van der Waals surface area (Å²) >= 11 is 0. The number of amides is 1. The van der Waals surface area contributed by atoms with Crippen LogP contribution in [0.15, 0.2) is 48.5 Å². The molecule has 0 radical (unpaired) electrons. The lowest BCUT2D eigenvalue weighted by molar-refractivity contribution is 0.0998. The highest BCUT2D eigenvalue weighted by molar-refractivity contribution is 5.95. The number of nitrogens with two attached hydrogens (primary N) is 1. The molecule has 17 heavy (non-hydrogen) atoms. The van der Waals surface area contributed by atoms with Gasteiger partial charge in [0.2, 0.25) is 0 Å². The van der Waals surface area contributed by atoms with Crippen LogP contribution in [0.4, 0.5) is 0 Å². The average Bonchev–Trinajstić information content (AvgIpc) is 2.32. The molecule has 0 fully saturated rings. The van der Waals surface area contributed by atoms with Gasteiger partial charge < -0.3 is 15.6 Å². The third-order valence-electron chi connectivity index (χ3n) is 2.22. The van der Waals surface area contributed by atoms with Crippen LogP contribution < -0.4 is 10.5 Å². The summed E-state index contributed by atoms with van der Waals surface area (Å²) in [5.74, 6) is 0.530. The maximum atomic E-state index is 11.2. The van der Waals surface area contributed by atoms with Gasteiger partial charge in [-0.1, -0.05) is 12.1 Å². The van der Waals surface area contributed by atoms with E-state index in [-0.39, 0.29) is 5.75 Å². The van der Waals surface area contributed by atoms with Gasteiger partial charge in [-0.05, 0) is 36.4 Å². The fourth-order valence-corrected chi connectivity index (χ4v) is 1.40. The zero-order valence-electron chi connectivity index (χ0n) is 8.96. The Balaban J connectivity index is 2.30. The van der Waals surface area contributed by atoms with Crippen molar-refractivity contribution in [1.29, 1.82) is 0 Å². The first-order valence-electron chi connectivity index (χ1n) is 5.02. The second-order valence-electron chi connectivity index (χ2n) is 3.46. The number of carbonyl (C=O) groups excluding carboxylic acids is 1. The van der Waals surface area contributed by atoms with E-state index in [1.807, 2.05) is 0 Å². The predicted molar refractivity (Wildman–Crippen MR) is 63.1 cm³/mol. The molecule has 3 N–H and O–H groups in total. The lowest BCUT2D eigenvalue weighted by Crippen LogP contribution is -2.11. The van der Waals surface area contributed by atoms with Crippen molar-refractivity contribution < 1.29 is 14.6 Å². The molecule has 0 aliphatic heterocycles. The Hall–Kier alpha value is -2.49. The van der Waals surface area contributed by atoms with E-state index in [2.05, 4.69) is 0 Å². The number of ether oxygens (including phenoxy) is 1. The summed E-state index contributed by atoms with van der Waals surface area (Å²) in [6.45, 7) is 0. The van der Waals surface area contributed by atoms with Gasteiger partial charge in [0, 0.05) is 0 Å². The number of para-hydroxylation sites is 1. The van der Waals surface area contributed by atoms with E-state index in [1.165, 1.54) is 12.1 Å². The summed E-state index contributed by atoms with van der Waals surface area (Å²) < 4.78 is 5.51. The van der Waals surface area contributed by atoms with Crippen LogP contribution in [0.25, 0.3) is 0 Å². The Labute approximate surface area is 98.3 Å². The van der Waals surface area contributed by atoms with Gasteiger partial charge in [0.05, 0.1) is 5.56 Å². The van der Waals surface area contributed by atoms with Gasteiger partial charge in [0.25, 0.3) is 5.91 Å². The molecule has 0 aromatic heterocycles. The van der Waals surface area contributed by atoms with Crippen LogP contribution in [0.5, 0.6) is 17.2 Å². The highest BCUT2D eigenvalue weighted by Gasteiger charge is 2.08. The maximum absolute atomic E-state index is 11.2. The van der Waals surface area contributed by atoms with Crippen LogP contribution in [0.1, 0.15) is 10.4 Å². The quantitative estimate of drug-likeness (QED) is 0.848. The number of hydrogen-bond donors (Lipinski definition) is 2. The molecule has 0 heterocycles. The summed E-state index contributed by atoms with van der Waals surface area (Å²) in [7, 11) is 0. The Morgan fingerprint density at radius 1 is 1.06 bits per heavy atom. The summed E-state index contributed by atoms with van der Waals surface area (Å²) in [6.07, 6.45) is 0. The van der Waals surface area contributed by atoms with E-state index in [9.17, 15) is 4.79 Å². The first-order chi connectivity index (χ1) is 8.16. The monoisotopic (exact) mass is 229 g/mol. The van der Waals surface area contributed by atoms with Crippen molar-refractivity contribution in [2.24, 2.45) is 5.73 Å². The topological polar surface area (TPSA) is 72.6 Å². The number of carbonyl (C=O) groups is 1. The predicted octanol–water partition coefficient (Wildman–Crippen LogP) is 2.28. The minimum absolute atomic E-state index is 0.153. The highest BCUT2D eigenvalue weighted by atomic mass is 16.5. The summed E-state index contributed by atoms with van der Waals surface area (Å²) in [5.41, 5.74) is 5.55. The number of phenolic OH excluding ortho intramolecular Hbond substituents is 1. The van der Waals surface area contributed by atoms with Crippen molar-refractivity contribution in [3.8, 4) is 17.2 Å². The van der Waals surface area contributed by atoms with Crippen molar-refractivity contribution in [3.05, 3.63) is 54.1 Å². The smallest absolute Gasteiger partial charge is 0.252 e. The van der Waals surface area contributed by atoms with Gasteiger partial charge in [0.15, 0.2) is 0 Å². The van der Waals surface area contributed by atoms with E-state index in [4.69, 9.17) is 15.6 Å². The van der Waals surface area contributed by atoms with E-state index >= 15 is 0 Å². The molecular formula is C13H11NO3. The van der Waals surface area contributed by atoms with E-state index in [0.29, 0.717) is 17.1 Å². The molecule has 2 rings (SSSR count). The second kappa shape index (κ2) is 4.57. The second-order valence-corrected chi connectivity index (χ2v) is 3.46. The summed E-state index contributed by atoms with van der Waals surface area (Å²) in [4.78, 5) is 11.2. The summed E-state index contributed by atoms with van der Waals surface area (Å²) in [5, 5.41) is 9.14. The zero-order valence-corrected chi connectivity index (χ0v) is 8.96. The average molecular weight is 229 g/mol. The fourth-order valence-electron chi connectivity index (χ4n) is 1.40. The van der Waals surface area contributed by atoms with E-state index in [0.717, 1.165) is 0 Å². The van der Waals surface area contributed by atoms with Crippen LogP contribution in [0.3, 0.4) is 0 Å². The number of phenols is 1. The Bertz CT molecular complexity index is 535. The van der Waals surface area contributed by atoms with Crippen molar-refractivity contribution in [2.75, 3.05) is 0 Å². The maximum Gasteiger partial charge on any atom is 0.252 e. The van der Waals surface area contributed by atoms with Crippen molar-refractivity contribution in [1.82, 2.24) is 0 Å². The van der Waals surface area contributed by atoms with Crippen LogP contribution in [0, 0.1) is 0 Å². The molecule has 86 valence electrons. The fraction of sp³-hybridized carbons (Fsp3) is 0. The molecule has 2 aromatic carbocycles. The van der Waals surface area contributed by atoms with Crippen LogP contribution in [-0.4, -0.2) is 11.0 Å². The van der Waals surface area contributed by atoms with Gasteiger partial charge in [-0.25, -0.2) is 0 Å². The first kappa shape index (κ1) is 11.0. The number of aromatic hydroxyl groups is 1. The minimum atomic E-state index is -0.542. The SMILES string of the molecule is NC(=O)c1ccccc1Oc1ccc(O)cc1. The van der Waals surface area contributed by atoms with Gasteiger partial charge in [-0.15, -0.1) is 0 Å². The highest BCUT2D eigenvalue weighted by Crippen LogP contribution is 2.26. The normalized spacial score (nSPS) is 9.88. The Morgan fingerprint density at radius 2 is 1.71 bits per heavy atom. The number of rotatable bonds is 3. The molecule has 0 saturated carbocycles. The lowest BCUT2D eigenvalue weighted by atomic mass is 10.2. The van der Waals surface area contributed by atoms with Gasteiger partial charge in [0.1, 0.15) is 17.2 Å². The van der Waals surface area contributed by atoms with Gasteiger partial charge >= 0.3 is 0 Å². The van der Waals surface area contributed by atoms with Crippen LogP contribution >= 0.6 is 0 Å². The molecule has 4 heteroatoms. The number of benzene rings is 2. The molecule has 0 atom stereocenters. The largest absolute Gasteiger partial charge is 0.508 e. The van der Waals surface area contributed by atoms with Gasteiger partial charge in [-0.3, -0.25) is 4.79 Å². The lowest BCUT2D eigenvalue weighted by Gasteiger charge is -2.08. The number of primary amides is 1. The molecule has 0 saturated heterocycles. The molecule has 0 unspecified atom stereocenters. The molecule has 0 bridgehead atoms. The van der Waals surface area contributed by atoms with Crippen LogP contribution in [0.2, 0.25) is 0 Å². The van der Waals surface area contributed by atoms with E-state index in [1.54, 1.807) is 36.4 Å². The molecule has 0 spiro atoms. The Kier molecular flexibility index (Phi) is 2.96. The Morgan fingerprint density at radius 3 is 2.35 bits per heavy atom. The standard InChI is InChI=1S/C13H11NO3/c14-13(16)11-3-1-2-4-12(11)17-10-7-5-9(15)6-8-10/h1-8,15H,(H2,14,16). The zero-order chi connectivity index (χ0) is 12.3. The van der Waals surface area contributed by atoms with Crippen LogP contribution in [-0.2, 0) is 0 Å². The van der Waals surface area contributed by atoms with Gasteiger partial charge in [-0.2, -0.15) is 0 Å². The first-order valence-corrected chi connectivity index (χ1v) is 5.02. The minimum Gasteiger partial charge on any atom is -0.508 e. The third kappa shape index (κ3) is 2.55.